The summed E-state index contributed by atoms with van der Waals surface area (Å²) in [5, 5.41) is 2.05. The third kappa shape index (κ3) is 2.65. The second kappa shape index (κ2) is 5.73. The van der Waals surface area contributed by atoms with Gasteiger partial charge in [0.15, 0.2) is 0 Å². The SMILES string of the molecule is NCC1CCCN(S(=O)(=O)N2CCc3sccc3C2)C1. The number of rotatable bonds is 3. The molecule has 1 aromatic rings. The average Bonchev–Trinajstić information content (AvgIpc) is 2.94. The fraction of sp³-hybridized carbons (Fsp3) is 0.692. The van der Waals surface area contributed by atoms with Gasteiger partial charge in [0.25, 0.3) is 10.2 Å². The first-order chi connectivity index (χ1) is 9.61. The van der Waals surface area contributed by atoms with Crippen LogP contribution < -0.4 is 5.73 Å². The molecule has 0 saturated carbocycles. The summed E-state index contributed by atoms with van der Waals surface area (Å²) >= 11 is 1.73. The Morgan fingerprint density at radius 3 is 3.00 bits per heavy atom. The first-order valence-electron chi connectivity index (χ1n) is 7.12. The van der Waals surface area contributed by atoms with E-state index in [-0.39, 0.29) is 0 Å². The normalized spacial score (nSPS) is 25.6. The van der Waals surface area contributed by atoms with Crippen molar-refractivity contribution in [2.24, 2.45) is 11.7 Å². The molecule has 112 valence electrons. The molecule has 0 aliphatic carbocycles. The first kappa shape index (κ1) is 14.5. The second-order valence-corrected chi connectivity index (χ2v) is 8.49. The van der Waals surface area contributed by atoms with E-state index in [1.165, 1.54) is 4.88 Å². The van der Waals surface area contributed by atoms with Crippen LogP contribution in [0.25, 0.3) is 0 Å². The molecule has 3 heterocycles. The van der Waals surface area contributed by atoms with Crippen LogP contribution in [0, 0.1) is 5.92 Å². The summed E-state index contributed by atoms with van der Waals surface area (Å²) in [6.45, 7) is 2.89. The van der Waals surface area contributed by atoms with Gasteiger partial charge in [0.2, 0.25) is 0 Å². The van der Waals surface area contributed by atoms with Crippen molar-refractivity contribution in [3.63, 3.8) is 0 Å². The fourth-order valence-electron chi connectivity index (χ4n) is 3.01. The Morgan fingerprint density at radius 2 is 2.20 bits per heavy atom. The lowest BCUT2D eigenvalue weighted by atomic mass is 10.0. The Balaban J connectivity index is 1.75. The topological polar surface area (TPSA) is 66.6 Å². The van der Waals surface area contributed by atoms with Crippen molar-refractivity contribution in [1.82, 2.24) is 8.61 Å². The van der Waals surface area contributed by atoms with Gasteiger partial charge in [-0.2, -0.15) is 17.0 Å². The molecule has 0 bridgehead atoms. The Morgan fingerprint density at radius 1 is 1.35 bits per heavy atom. The van der Waals surface area contributed by atoms with Gasteiger partial charge in [-0.1, -0.05) is 0 Å². The van der Waals surface area contributed by atoms with Crippen molar-refractivity contribution < 1.29 is 8.42 Å². The molecule has 1 atom stereocenters. The minimum atomic E-state index is -3.33. The molecule has 1 unspecified atom stereocenters. The van der Waals surface area contributed by atoms with Crippen LogP contribution in [0.5, 0.6) is 0 Å². The van der Waals surface area contributed by atoms with Gasteiger partial charge >= 0.3 is 0 Å². The predicted molar refractivity (Wildman–Crippen MR) is 80.7 cm³/mol. The van der Waals surface area contributed by atoms with Crippen molar-refractivity contribution in [2.45, 2.75) is 25.8 Å². The molecule has 1 fully saturated rings. The van der Waals surface area contributed by atoms with Crippen LogP contribution in [0.4, 0.5) is 0 Å². The summed E-state index contributed by atoms with van der Waals surface area (Å²) in [7, 11) is -3.33. The zero-order valence-corrected chi connectivity index (χ0v) is 13.1. The van der Waals surface area contributed by atoms with Crippen LogP contribution in [-0.4, -0.2) is 43.2 Å². The molecular formula is C13H21N3O2S2. The van der Waals surface area contributed by atoms with Crippen LogP contribution in [0.3, 0.4) is 0 Å². The van der Waals surface area contributed by atoms with Gasteiger partial charge in [-0.25, -0.2) is 0 Å². The summed E-state index contributed by atoms with van der Waals surface area (Å²) < 4.78 is 28.8. The highest BCUT2D eigenvalue weighted by Gasteiger charge is 2.35. The van der Waals surface area contributed by atoms with E-state index in [0.717, 1.165) is 24.8 Å². The van der Waals surface area contributed by atoms with Gasteiger partial charge in [-0.05, 0) is 48.7 Å². The number of hydrogen-bond acceptors (Lipinski definition) is 4. The molecular weight excluding hydrogens is 294 g/mol. The van der Waals surface area contributed by atoms with Crippen molar-refractivity contribution in [3.05, 3.63) is 21.9 Å². The Hall–Kier alpha value is -0.470. The van der Waals surface area contributed by atoms with Gasteiger partial charge in [0.05, 0.1) is 0 Å². The van der Waals surface area contributed by atoms with E-state index in [1.807, 2.05) is 11.4 Å². The minimum absolute atomic E-state index is 0.306. The molecule has 0 radical (unpaired) electrons. The maximum atomic E-state index is 12.7. The van der Waals surface area contributed by atoms with E-state index in [0.29, 0.717) is 38.6 Å². The Labute approximate surface area is 124 Å². The lowest BCUT2D eigenvalue weighted by Crippen LogP contribution is -2.50. The molecule has 5 nitrogen and oxygen atoms in total. The Bertz CT molecular complexity index is 570. The third-order valence-corrected chi connectivity index (χ3v) is 7.21. The number of thiophene rings is 1. The average molecular weight is 315 g/mol. The standard InChI is InChI=1S/C13H21N3O2S2/c14-8-11-2-1-5-15(9-11)20(17,18)16-6-3-13-12(10-16)4-7-19-13/h4,7,11H,1-3,5-6,8-10,14H2. The number of piperidine rings is 1. The predicted octanol–water partition coefficient (Wildman–Crippen LogP) is 1.02. The number of hydrogen-bond donors (Lipinski definition) is 1. The van der Waals surface area contributed by atoms with Crippen LogP contribution in [-0.2, 0) is 23.2 Å². The quantitative estimate of drug-likeness (QED) is 0.905. The van der Waals surface area contributed by atoms with Gasteiger partial charge in [0.1, 0.15) is 0 Å². The second-order valence-electron chi connectivity index (χ2n) is 5.56. The highest BCUT2D eigenvalue weighted by Crippen LogP contribution is 2.28. The highest BCUT2D eigenvalue weighted by atomic mass is 32.2. The van der Waals surface area contributed by atoms with Crippen LogP contribution in [0.15, 0.2) is 11.4 Å². The Kier molecular flexibility index (Phi) is 4.14. The number of nitrogens with zero attached hydrogens (tertiary/aromatic N) is 2. The molecule has 0 spiro atoms. The molecule has 0 amide bonds. The molecule has 1 saturated heterocycles. The maximum absolute atomic E-state index is 12.7. The molecule has 2 N–H and O–H groups in total. The van der Waals surface area contributed by atoms with E-state index in [9.17, 15) is 8.42 Å². The molecule has 2 aliphatic heterocycles. The zero-order valence-electron chi connectivity index (χ0n) is 11.5. The van der Waals surface area contributed by atoms with E-state index in [2.05, 4.69) is 0 Å². The number of fused-ring (bicyclic) bond motifs is 1. The zero-order chi connectivity index (χ0) is 14.2. The lowest BCUT2D eigenvalue weighted by Gasteiger charge is -2.36. The van der Waals surface area contributed by atoms with Crippen molar-refractivity contribution in [1.29, 1.82) is 0 Å². The maximum Gasteiger partial charge on any atom is 0.282 e. The van der Waals surface area contributed by atoms with Gasteiger partial charge in [0, 0.05) is 31.1 Å². The third-order valence-electron chi connectivity index (χ3n) is 4.24. The summed E-state index contributed by atoms with van der Waals surface area (Å²) in [6.07, 6.45) is 2.79. The van der Waals surface area contributed by atoms with E-state index >= 15 is 0 Å². The molecule has 3 rings (SSSR count). The van der Waals surface area contributed by atoms with Crippen LogP contribution in [0.1, 0.15) is 23.3 Å². The molecule has 7 heteroatoms. The van der Waals surface area contributed by atoms with Crippen molar-refractivity contribution >= 4 is 21.5 Å². The molecule has 2 aliphatic rings. The largest absolute Gasteiger partial charge is 0.330 e. The monoisotopic (exact) mass is 315 g/mol. The van der Waals surface area contributed by atoms with E-state index in [4.69, 9.17) is 5.73 Å². The summed E-state index contributed by atoms with van der Waals surface area (Å²) in [4.78, 5) is 1.33. The number of nitrogens with two attached hydrogens (primary N) is 1. The highest BCUT2D eigenvalue weighted by molar-refractivity contribution is 7.86. The van der Waals surface area contributed by atoms with Gasteiger partial charge in [-0.15, -0.1) is 11.3 Å². The molecule has 0 aromatic carbocycles. The summed E-state index contributed by atoms with van der Waals surface area (Å²) in [6, 6.07) is 2.04. The fourth-order valence-corrected chi connectivity index (χ4v) is 5.61. The summed E-state index contributed by atoms with van der Waals surface area (Å²) in [5.41, 5.74) is 6.87. The first-order valence-corrected chi connectivity index (χ1v) is 9.39. The minimum Gasteiger partial charge on any atom is -0.330 e. The molecule has 20 heavy (non-hydrogen) atoms. The summed E-state index contributed by atoms with van der Waals surface area (Å²) in [5.74, 6) is 0.306. The lowest BCUT2D eigenvalue weighted by molar-refractivity contribution is 0.247. The van der Waals surface area contributed by atoms with Gasteiger partial charge in [-0.3, -0.25) is 0 Å². The van der Waals surface area contributed by atoms with Crippen LogP contribution >= 0.6 is 11.3 Å². The van der Waals surface area contributed by atoms with Crippen molar-refractivity contribution in [3.8, 4) is 0 Å². The van der Waals surface area contributed by atoms with E-state index in [1.54, 1.807) is 19.9 Å². The molecule has 1 aromatic heterocycles. The van der Waals surface area contributed by atoms with E-state index < -0.39 is 10.2 Å². The van der Waals surface area contributed by atoms with Gasteiger partial charge < -0.3 is 5.73 Å². The van der Waals surface area contributed by atoms with Crippen LogP contribution in [0.2, 0.25) is 0 Å². The smallest absolute Gasteiger partial charge is 0.282 e. The van der Waals surface area contributed by atoms with Crippen molar-refractivity contribution in [2.75, 3.05) is 26.2 Å².